The molecule has 2 rings (SSSR count). The molecule has 2 atom stereocenters. The van der Waals surface area contributed by atoms with Crippen molar-refractivity contribution < 1.29 is 9.90 Å². The lowest BCUT2D eigenvalue weighted by molar-refractivity contribution is -0.119. The predicted octanol–water partition coefficient (Wildman–Crippen LogP) is 1.77. The number of nitrogens with one attached hydrogen (secondary N) is 1. The van der Waals surface area contributed by atoms with Crippen LogP contribution >= 0.6 is 0 Å². The molecule has 0 aromatic heterocycles. The minimum atomic E-state index is 0.0270. The van der Waals surface area contributed by atoms with E-state index in [2.05, 4.69) is 5.32 Å². The normalized spacial score (nSPS) is 23.6. The van der Waals surface area contributed by atoms with Gasteiger partial charge in [0.2, 0.25) is 5.91 Å². The van der Waals surface area contributed by atoms with E-state index >= 15 is 0 Å². The molecular formula is C13H18N2O2. The van der Waals surface area contributed by atoms with Crippen LogP contribution in [0.1, 0.15) is 24.8 Å². The summed E-state index contributed by atoms with van der Waals surface area (Å²) in [6, 6.07) is 5.22. The quantitative estimate of drug-likeness (QED) is 0.682. The topological polar surface area (TPSA) is 75.4 Å². The fourth-order valence-corrected chi connectivity index (χ4v) is 2.23. The van der Waals surface area contributed by atoms with Gasteiger partial charge in [0.15, 0.2) is 0 Å². The fraction of sp³-hybridized carbons (Fsp3) is 0.462. The molecule has 1 aromatic rings. The SMILES string of the molecule is Cc1cc(NC(=O)C2CCC(N)C2)ccc1O. The van der Waals surface area contributed by atoms with Gasteiger partial charge in [0, 0.05) is 17.6 Å². The Bertz CT molecular complexity index is 431. The van der Waals surface area contributed by atoms with E-state index in [1.165, 1.54) is 0 Å². The molecule has 1 aliphatic carbocycles. The Morgan fingerprint density at radius 3 is 2.82 bits per heavy atom. The number of carbonyl (C=O) groups excluding carboxylic acids is 1. The minimum absolute atomic E-state index is 0.0270. The van der Waals surface area contributed by atoms with Gasteiger partial charge < -0.3 is 16.2 Å². The van der Waals surface area contributed by atoms with Crippen LogP contribution in [0.2, 0.25) is 0 Å². The molecule has 92 valence electrons. The predicted molar refractivity (Wildman–Crippen MR) is 66.8 cm³/mol. The van der Waals surface area contributed by atoms with Crippen LogP contribution in [0.3, 0.4) is 0 Å². The van der Waals surface area contributed by atoms with Crippen LogP contribution in [-0.2, 0) is 4.79 Å². The molecule has 0 bridgehead atoms. The Morgan fingerprint density at radius 1 is 1.47 bits per heavy atom. The molecule has 2 unspecified atom stereocenters. The van der Waals surface area contributed by atoms with Crippen molar-refractivity contribution in [2.45, 2.75) is 32.2 Å². The summed E-state index contributed by atoms with van der Waals surface area (Å²) in [5, 5.41) is 12.3. The molecule has 4 N–H and O–H groups in total. The van der Waals surface area contributed by atoms with Crippen molar-refractivity contribution in [2.24, 2.45) is 11.7 Å². The summed E-state index contributed by atoms with van der Waals surface area (Å²) < 4.78 is 0. The highest BCUT2D eigenvalue weighted by molar-refractivity contribution is 5.92. The lowest BCUT2D eigenvalue weighted by Crippen LogP contribution is -2.23. The third-order valence-electron chi connectivity index (χ3n) is 3.31. The minimum Gasteiger partial charge on any atom is -0.508 e. The first-order chi connectivity index (χ1) is 8.06. The second kappa shape index (κ2) is 4.75. The first-order valence-electron chi connectivity index (χ1n) is 5.92. The first-order valence-corrected chi connectivity index (χ1v) is 5.92. The zero-order valence-electron chi connectivity index (χ0n) is 9.94. The molecule has 1 aliphatic rings. The van der Waals surface area contributed by atoms with Crippen molar-refractivity contribution in [1.82, 2.24) is 0 Å². The highest BCUT2D eigenvalue weighted by atomic mass is 16.3. The van der Waals surface area contributed by atoms with Crippen LogP contribution in [0.15, 0.2) is 18.2 Å². The van der Waals surface area contributed by atoms with Crippen LogP contribution in [0.4, 0.5) is 5.69 Å². The summed E-state index contributed by atoms with van der Waals surface area (Å²) in [5.74, 6) is 0.299. The van der Waals surface area contributed by atoms with Gasteiger partial charge >= 0.3 is 0 Å². The molecule has 1 fully saturated rings. The van der Waals surface area contributed by atoms with Crippen LogP contribution in [0, 0.1) is 12.8 Å². The maximum Gasteiger partial charge on any atom is 0.227 e. The van der Waals surface area contributed by atoms with Gasteiger partial charge in [0.05, 0.1) is 0 Å². The van der Waals surface area contributed by atoms with Gasteiger partial charge in [-0.2, -0.15) is 0 Å². The molecule has 4 heteroatoms. The number of amides is 1. The summed E-state index contributed by atoms with van der Waals surface area (Å²) in [7, 11) is 0. The second-order valence-corrected chi connectivity index (χ2v) is 4.76. The molecule has 17 heavy (non-hydrogen) atoms. The smallest absolute Gasteiger partial charge is 0.227 e. The van der Waals surface area contributed by atoms with Crippen molar-refractivity contribution in [1.29, 1.82) is 0 Å². The Kier molecular flexibility index (Phi) is 3.33. The van der Waals surface area contributed by atoms with E-state index in [4.69, 9.17) is 5.73 Å². The number of aryl methyl sites for hydroxylation is 1. The van der Waals surface area contributed by atoms with Gasteiger partial charge in [-0.3, -0.25) is 4.79 Å². The standard InChI is InChI=1S/C13H18N2O2/c1-8-6-11(4-5-12(8)16)15-13(17)9-2-3-10(14)7-9/h4-6,9-10,16H,2-3,7,14H2,1H3,(H,15,17). The summed E-state index contributed by atoms with van der Waals surface area (Å²) in [4.78, 5) is 11.9. The number of benzene rings is 1. The van der Waals surface area contributed by atoms with Gasteiger partial charge in [-0.15, -0.1) is 0 Å². The molecule has 4 nitrogen and oxygen atoms in total. The van der Waals surface area contributed by atoms with Crippen molar-refractivity contribution in [3.8, 4) is 5.75 Å². The largest absolute Gasteiger partial charge is 0.508 e. The van der Waals surface area contributed by atoms with Gasteiger partial charge in [0.25, 0.3) is 0 Å². The summed E-state index contributed by atoms with van der Waals surface area (Å²) >= 11 is 0. The van der Waals surface area contributed by atoms with Crippen LogP contribution in [0.5, 0.6) is 5.75 Å². The van der Waals surface area contributed by atoms with Crippen molar-refractivity contribution in [2.75, 3.05) is 5.32 Å². The van der Waals surface area contributed by atoms with Crippen molar-refractivity contribution in [3.05, 3.63) is 23.8 Å². The number of aromatic hydroxyl groups is 1. The maximum absolute atomic E-state index is 11.9. The summed E-state index contributed by atoms with van der Waals surface area (Å²) in [6.07, 6.45) is 2.56. The van der Waals surface area contributed by atoms with E-state index in [9.17, 15) is 9.90 Å². The maximum atomic E-state index is 11.9. The molecule has 0 aliphatic heterocycles. The molecule has 0 heterocycles. The van der Waals surface area contributed by atoms with Crippen LogP contribution < -0.4 is 11.1 Å². The van der Waals surface area contributed by atoms with Crippen molar-refractivity contribution in [3.63, 3.8) is 0 Å². The Balaban J connectivity index is 2.00. The van der Waals surface area contributed by atoms with Crippen LogP contribution in [-0.4, -0.2) is 17.1 Å². The number of rotatable bonds is 2. The monoisotopic (exact) mass is 234 g/mol. The third kappa shape index (κ3) is 2.77. The van der Waals surface area contributed by atoms with E-state index in [0.717, 1.165) is 30.5 Å². The number of hydrogen-bond donors (Lipinski definition) is 3. The third-order valence-corrected chi connectivity index (χ3v) is 3.31. The van der Waals surface area contributed by atoms with E-state index in [1.807, 2.05) is 0 Å². The lowest BCUT2D eigenvalue weighted by Gasteiger charge is -2.11. The molecule has 0 saturated heterocycles. The van der Waals surface area contributed by atoms with Crippen molar-refractivity contribution >= 4 is 11.6 Å². The molecule has 1 amide bonds. The van der Waals surface area contributed by atoms with Gasteiger partial charge in [-0.1, -0.05) is 0 Å². The molecular weight excluding hydrogens is 216 g/mol. The van der Waals surface area contributed by atoms with Crippen LogP contribution in [0.25, 0.3) is 0 Å². The molecule has 1 aromatic carbocycles. The molecule has 0 radical (unpaired) electrons. The average Bonchev–Trinajstić information content (AvgIpc) is 2.70. The van der Waals surface area contributed by atoms with Gasteiger partial charge in [-0.05, 0) is 49.9 Å². The highest BCUT2D eigenvalue weighted by Gasteiger charge is 2.27. The Labute approximate surface area is 101 Å². The van der Waals surface area contributed by atoms with Gasteiger partial charge in [0.1, 0.15) is 5.75 Å². The Hall–Kier alpha value is -1.55. The highest BCUT2D eigenvalue weighted by Crippen LogP contribution is 2.26. The zero-order valence-corrected chi connectivity index (χ0v) is 9.94. The average molecular weight is 234 g/mol. The first kappa shape index (κ1) is 11.9. The van der Waals surface area contributed by atoms with Gasteiger partial charge in [-0.25, -0.2) is 0 Å². The second-order valence-electron chi connectivity index (χ2n) is 4.76. The number of phenols is 1. The fourth-order valence-electron chi connectivity index (χ4n) is 2.23. The van der Waals surface area contributed by atoms with E-state index in [0.29, 0.717) is 0 Å². The lowest BCUT2D eigenvalue weighted by atomic mass is 10.1. The summed E-state index contributed by atoms with van der Waals surface area (Å²) in [5.41, 5.74) is 7.27. The van der Waals surface area contributed by atoms with E-state index < -0.39 is 0 Å². The zero-order chi connectivity index (χ0) is 12.4. The number of nitrogens with two attached hydrogens (primary N) is 1. The number of carbonyl (C=O) groups is 1. The number of anilines is 1. The van der Waals surface area contributed by atoms with E-state index in [-0.39, 0.29) is 23.6 Å². The Morgan fingerprint density at radius 2 is 2.24 bits per heavy atom. The number of hydrogen-bond acceptors (Lipinski definition) is 3. The molecule has 1 saturated carbocycles. The molecule has 0 spiro atoms. The summed E-state index contributed by atoms with van der Waals surface area (Å²) in [6.45, 7) is 1.80. The number of phenolic OH excluding ortho intramolecular Hbond substituents is 1. The van der Waals surface area contributed by atoms with E-state index in [1.54, 1.807) is 25.1 Å².